The highest BCUT2D eigenvalue weighted by Gasteiger charge is 2.12. The molecule has 2 aromatic rings. The quantitative estimate of drug-likeness (QED) is 0.638. The third kappa shape index (κ3) is 1.45. The Morgan fingerprint density at radius 3 is 3.00 bits per heavy atom. The largest absolute Gasteiger partial charge is 0.463 e. The second-order valence-electron chi connectivity index (χ2n) is 2.59. The molecule has 2 aromatic heterocycles. The Bertz CT molecular complexity index is 494. The van der Waals surface area contributed by atoms with Crippen LogP contribution >= 0.6 is 22.6 Å². The van der Waals surface area contributed by atoms with Crippen molar-refractivity contribution in [3.05, 3.63) is 21.8 Å². The zero-order chi connectivity index (χ0) is 10.1. The molecule has 2 rings (SSSR count). The molecule has 1 N–H and O–H groups in total. The Kier molecular flexibility index (Phi) is 2.36. The molecular weight excluding hydrogens is 297 g/mol. The Hall–Kier alpha value is -1.18. The van der Waals surface area contributed by atoms with Crippen LogP contribution in [0.3, 0.4) is 0 Å². The summed E-state index contributed by atoms with van der Waals surface area (Å²) in [6.07, 6.45) is 3.31. The van der Waals surface area contributed by atoms with Gasteiger partial charge in [0.05, 0.1) is 22.4 Å². The highest BCUT2D eigenvalue weighted by Crippen LogP contribution is 2.16. The number of hydrogen-bond acceptors (Lipinski definition) is 4. The number of H-pyrrole nitrogens is 1. The molecule has 0 saturated heterocycles. The van der Waals surface area contributed by atoms with Crippen LogP contribution in [0.2, 0.25) is 0 Å². The number of methoxy groups -OCH3 is 1. The summed E-state index contributed by atoms with van der Waals surface area (Å²) in [4.78, 5) is 22.1. The molecule has 0 fully saturated rings. The Morgan fingerprint density at radius 1 is 1.57 bits per heavy atom. The van der Waals surface area contributed by atoms with Gasteiger partial charge in [-0.15, -0.1) is 0 Å². The first kappa shape index (κ1) is 9.38. The van der Waals surface area contributed by atoms with Crippen LogP contribution in [0.1, 0.15) is 10.6 Å². The molecule has 0 atom stereocenters. The van der Waals surface area contributed by atoms with E-state index >= 15 is 0 Å². The number of carbonyl (C=O) groups is 1. The average Bonchev–Trinajstić information content (AvgIpc) is 2.62. The summed E-state index contributed by atoms with van der Waals surface area (Å²) in [6.45, 7) is 0. The van der Waals surface area contributed by atoms with Crippen molar-refractivity contribution in [1.82, 2.24) is 15.0 Å². The second kappa shape index (κ2) is 3.52. The van der Waals surface area contributed by atoms with Crippen LogP contribution < -0.4 is 0 Å². The van der Waals surface area contributed by atoms with E-state index in [1.807, 2.05) is 0 Å². The molecule has 0 amide bonds. The van der Waals surface area contributed by atoms with E-state index in [1.54, 1.807) is 12.4 Å². The van der Waals surface area contributed by atoms with Crippen molar-refractivity contribution in [2.45, 2.75) is 0 Å². The summed E-state index contributed by atoms with van der Waals surface area (Å²) in [7, 11) is 1.32. The summed E-state index contributed by atoms with van der Waals surface area (Å²) in [6, 6.07) is 0. The van der Waals surface area contributed by atoms with E-state index in [0.717, 1.165) is 14.6 Å². The molecule has 0 aliphatic heterocycles. The molecule has 6 heteroatoms. The topological polar surface area (TPSA) is 67.9 Å². The van der Waals surface area contributed by atoms with E-state index in [9.17, 15) is 4.79 Å². The maximum absolute atomic E-state index is 11.2. The molecule has 2 heterocycles. The lowest BCUT2D eigenvalue weighted by molar-refractivity contribution is 0.0588. The van der Waals surface area contributed by atoms with Gasteiger partial charge in [-0.3, -0.25) is 4.98 Å². The van der Waals surface area contributed by atoms with Gasteiger partial charge in [0, 0.05) is 6.20 Å². The zero-order valence-electron chi connectivity index (χ0n) is 7.24. The Morgan fingerprint density at radius 2 is 2.36 bits per heavy atom. The van der Waals surface area contributed by atoms with Crippen molar-refractivity contribution in [2.75, 3.05) is 7.11 Å². The van der Waals surface area contributed by atoms with E-state index in [0.29, 0.717) is 0 Å². The van der Waals surface area contributed by atoms with Crippen molar-refractivity contribution < 1.29 is 9.53 Å². The number of esters is 1. The van der Waals surface area contributed by atoms with Gasteiger partial charge in [0.25, 0.3) is 0 Å². The van der Waals surface area contributed by atoms with Crippen LogP contribution in [0.4, 0.5) is 0 Å². The Labute approximate surface area is 93.0 Å². The molecule has 0 aliphatic carbocycles. The van der Waals surface area contributed by atoms with Crippen molar-refractivity contribution in [2.24, 2.45) is 0 Å². The van der Waals surface area contributed by atoms with Gasteiger partial charge in [0.1, 0.15) is 5.52 Å². The fourth-order valence-corrected chi connectivity index (χ4v) is 1.67. The molecule has 0 saturated carbocycles. The molecule has 0 aliphatic rings. The predicted molar refractivity (Wildman–Crippen MR) is 57.9 cm³/mol. The predicted octanol–water partition coefficient (Wildman–Crippen LogP) is 1.35. The fourth-order valence-electron chi connectivity index (χ4n) is 1.09. The lowest BCUT2D eigenvalue weighted by Crippen LogP contribution is -2.02. The summed E-state index contributed by atoms with van der Waals surface area (Å²) in [5, 5.41) is 0. The molecule has 0 spiro atoms. The minimum Gasteiger partial charge on any atom is -0.463 e. The number of fused-ring (bicyclic) bond motifs is 1. The number of ether oxygens (including phenoxy) is 1. The summed E-state index contributed by atoms with van der Waals surface area (Å²) in [5.74, 6) is -0.273. The van der Waals surface area contributed by atoms with E-state index < -0.39 is 5.97 Å². The van der Waals surface area contributed by atoms with E-state index in [1.165, 1.54) is 7.11 Å². The SMILES string of the molecule is COC(=O)c1nc2c(I)cncc2[nH]1. The number of halogens is 1. The third-order valence-corrected chi connectivity index (χ3v) is 2.52. The minimum absolute atomic E-state index is 0.202. The van der Waals surface area contributed by atoms with Crippen LogP contribution in [0.25, 0.3) is 11.0 Å². The molecule has 0 radical (unpaired) electrons. The number of aromatic nitrogens is 3. The first-order valence-corrected chi connectivity index (χ1v) is 4.88. The van der Waals surface area contributed by atoms with Gasteiger partial charge in [0.2, 0.25) is 5.82 Å². The second-order valence-corrected chi connectivity index (χ2v) is 3.76. The summed E-state index contributed by atoms with van der Waals surface area (Å²) < 4.78 is 5.45. The lowest BCUT2D eigenvalue weighted by Gasteiger charge is -1.90. The number of nitrogens with zero attached hydrogens (tertiary/aromatic N) is 2. The van der Waals surface area contributed by atoms with Crippen LogP contribution in [0.5, 0.6) is 0 Å². The molecule has 72 valence electrons. The third-order valence-electron chi connectivity index (χ3n) is 1.73. The average molecular weight is 303 g/mol. The number of rotatable bonds is 1. The van der Waals surface area contributed by atoms with Crippen molar-refractivity contribution in [3.8, 4) is 0 Å². The van der Waals surface area contributed by atoms with Crippen molar-refractivity contribution >= 4 is 39.6 Å². The van der Waals surface area contributed by atoms with Gasteiger partial charge >= 0.3 is 5.97 Å². The van der Waals surface area contributed by atoms with Crippen LogP contribution in [-0.4, -0.2) is 28.0 Å². The fraction of sp³-hybridized carbons (Fsp3) is 0.125. The number of imidazole rings is 1. The minimum atomic E-state index is -0.475. The smallest absolute Gasteiger partial charge is 0.374 e. The number of nitrogens with one attached hydrogen (secondary N) is 1. The lowest BCUT2D eigenvalue weighted by atomic mass is 10.4. The first-order chi connectivity index (χ1) is 6.72. The zero-order valence-corrected chi connectivity index (χ0v) is 9.40. The van der Waals surface area contributed by atoms with Gasteiger partial charge in [-0.05, 0) is 22.6 Å². The van der Waals surface area contributed by atoms with Gasteiger partial charge in [-0.25, -0.2) is 9.78 Å². The van der Waals surface area contributed by atoms with Gasteiger partial charge in [0.15, 0.2) is 0 Å². The molecule has 5 nitrogen and oxygen atoms in total. The number of aromatic amines is 1. The summed E-state index contributed by atoms with van der Waals surface area (Å²) in [5.41, 5.74) is 1.47. The van der Waals surface area contributed by atoms with Crippen LogP contribution in [0, 0.1) is 3.57 Å². The maximum atomic E-state index is 11.2. The van der Waals surface area contributed by atoms with Gasteiger partial charge in [-0.1, -0.05) is 0 Å². The monoisotopic (exact) mass is 303 g/mol. The van der Waals surface area contributed by atoms with Gasteiger partial charge < -0.3 is 9.72 Å². The molecule has 0 unspecified atom stereocenters. The first-order valence-electron chi connectivity index (χ1n) is 3.80. The maximum Gasteiger partial charge on any atom is 0.374 e. The van der Waals surface area contributed by atoms with Crippen molar-refractivity contribution in [1.29, 1.82) is 0 Å². The molecular formula is C8H6IN3O2. The standard InChI is InChI=1S/C8H6IN3O2/c1-14-8(13)7-11-5-3-10-2-4(9)6(5)12-7/h2-3H,1H3,(H,11,12). The molecule has 0 bridgehead atoms. The van der Waals surface area contributed by atoms with E-state index in [4.69, 9.17) is 0 Å². The Balaban J connectivity index is 2.62. The highest BCUT2D eigenvalue weighted by molar-refractivity contribution is 14.1. The summed E-state index contributed by atoms with van der Waals surface area (Å²) >= 11 is 2.11. The normalized spacial score (nSPS) is 10.4. The van der Waals surface area contributed by atoms with Crippen LogP contribution in [0.15, 0.2) is 12.4 Å². The number of pyridine rings is 1. The molecule has 0 aromatic carbocycles. The van der Waals surface area contributed by atoms with E-state index in [2.05, 4.69) is 42.3 Å². The highest BCUT2D eigenvalue weighted by atomic mass is 127. The van der Waals surface area contributed by atoms with Crippen LogP contribution in [-0.2, 0) is 4.74 Å². The van der Waals surface area contributed by atoms with Crippen molar-refractivity contribution in [3.63, 3.8) is 0 Å². The number of carbonyl (C=O) groups excluding carboxylic acids is 1. The number of hydrogen-bond donors (Lipinski definition) is 1. The molecule has 14 heavy (non-hydrogen) atoms. The van der Waals surface area contributed by atoms with E-state index in [-0.39, 0.29) is 5.82 Å². The van der Waals surface area contributed by atoms with Gasteiger partial charge in [-0.2, -0.15) is 0 Å².